The van der Waals surface area contributed by atoms with E-state index in [1.165, 1.54) is 5.56 Å². The molecule has 0 aliphatic rings. The summed E-state index contributed by atoms with van der Waals surface area (Å²) in [6.07, 6.45) is 0.430. The third-order valence-electron chi connectivity index (χ3n) is 3.85. The Morgan fingerprint density at radius 3 is 2.10 bits per heavy atom. The van der Waals surface area contributed by atoms with E-state index in [1.54, 1.807) is 0 Å². The van der Waals surface area contributed by atoms with Crippen molar-refractivity contribution in [3.05, 3.63) is 58.0 Å². The topological polar surface area (TPSA) is 30.2 Å². The molecule has 0 fully saturated rings. The minimum absolute atomic E-state index is 0.133. The van der Waals surface area contributed by atoms with Crippen LogP contribution in [0.3, 0.4) is 0 Å². The van der Waals surface area contributed by atoms with Crippen LogP contribution in [0.2, 0.25) is 0 Å². The van der Waals surface area contributed by atoms with E-state index in [2.05, 4.69) is 26.0 Å². The van der Waals surface area contributed by atoms with Gasteiger partial charge in [-0.2, -0.15) is 0 Å². The molecule has 1 heterocycles. The first kappa shape index (κ1) is 14.6. The van der Waals surface area contributed by atoms with Crippen LogP contribution in [0.15, 0.2) is 28.7 Å². The number of carbonyl (C=O) groups excluding carboxylic acids is 1. The van der Waals surface area contributed by atoms with Gasteiger partial charge in [-0.3, -0.25) is 4.79 Å². The third-order valence-corrected chi connectivity index (χ3v) is 3.85. The standard InChI is InChI=1S/C18H22O2/c1-11(2)16-8-6-15(7-9-16)10-17(19)18-12(3)13(4)20-14(18)5/h6-9,11H,10H2,1-5H3. The number of ketones is 1. The SMILES string of the molecule is Cc1oc(C)c(C(=O)Cc2ccc(C(C)C)cc2)c1C. The molecule has 0 radical (unpaired) electrons. The highest BCUT2D eigenvalue weighted by Crippen LogP contribution is 2.23. The summed E-state index contributed by atoms with van der Waals surface area (Å²) in [5, 5.41) is 0. The van der Waals surface area contributed by atoms with Crippen molar-refractivity contribution in [2.24, 2.45) is 0 Å². The van der Waals surface area contributed by atoms with Crippen molar-refractivity contribution in [1.82, 2.24) is 0 Å². The van der Waals surface area contributed by atoms with Gasteiger partial charge >= 0.3 is 0 Å². The van der Waals surface area contributed by atoms with E-state index >= 15 is 0 Å². The van der Waals surface area contributed by atoms with Gasteiger partial charge in [0.25, 0.3) is 0 Å². The Morgan fingerprint density at radius 1 is 1.05 bits per heavy atom. The molecule has 1 aromatic carbocycles. The Labute approximate surface area is 120 Å². The van der Waals surface area contributed by atoms with Crippen molar-refractivity contribution < 1.29 is 9.21 Å². The molecule has 2 rings (SSSR count). The van der Waals surface area contributed by atoms with Crippen LogP contribution in [0.1, 0.15) is 58.3 Å². The summed E-state index contributed by atoms with van der Waals surface area (Å²) in [7, 11) is 0. The van der Waals surface area contributed by atoms with Crippen LogP contribution in [0.25, 0.3) is 0 Å². The molecule has 0 N–H and O–H groups in total. The Bertz CT molecular complexity index is 616. The van der Waals surface area contributed by atoms with E-state index in [4.69, 9.17) is 4.42 Å². The van der Waals surface area contributed by atoms with E-state index < -0.39 is 0 Å². The number of carbonyl (C=O) groups is 1. The van der Waals surface area contributed by atoms with Crippen molar-refractivity contribution >= 4 is 5.78 Å². The van der Waals surface area contributed by atoms with Gasteiger partial charge in [0.05, 0.1) is 5.56 Å². The molecule has 106 valence electrons. The van der Waals surface area contributed by atoms with Crippen LogP contribution in [-0.2, 0) is 6.42 Å². The predicted octanol–water partition coefficient (Wildman–Crippen LogP) is 4.75. The lowest BCUT2D eigenvalue weighted by atomic mass is 9.97. The molecular weight excluding hydrogens is 248 g/mol. The van der Waals surface area contributed by atoms with Gasteiger partial charge in [-0.1, -0.05) is 38.1 Å². The zero-order chi connectivity index (χ0) is 14.9. The van der Waals surface area contributed by atoms with Gasteiger partial charge in [-0.05, 0) is 37.8 Å². The normalized spacial score (nSPS) is 11.1. The fourth-order valence-corrected chi connectivity index (χ4v) is 2.50. The minimum Gasteiger partial charge on any atom is -0.466 e. The van der Waals surface area contributed by atoms with E-state index in [0.29, 0.717) is 12.3 Å². The number of rotatable bonds is 4. The molecule has 0 amide bonds. The molecule has 0 saturated carbocycles. The monoisotopic (exact) mass is 270 g/mol. The Morgan fingerprint density at radius 2 is 1.65 bits per heavy atom. The molecule has 2 aromatic rings. The fourth-order valence-electron chi connectivity index (χ4n) is 2.50. The van der Waals surface area contributed by atoms with Crippen LogP contribution >= 0.6 is 0 Å². The van der Waals surface area contributed by atoms with Crippen LogP contribution in [0.4, 0.5) is 0 Å². The molecule has 0 bridgehead atoms. The molecule has 0 unspecified atom stereocenters. The second-order valence-corrected chi connectivity index (χ2v) is 5.71. The second-order valence-electron chi connectivity index (χ2n) is 5.71. The first-order valence-corrected chi connectivity index (χ1v) is 7.08. The summed E-state index contributed by atoms with van der Waals surface area (Å²) >= 11 is 0. The maximum absolute atomic E-state index is 12.4. The molecule has 20 heavy (non-hydrogen) atoms. The quantitative estimate of drug-likeness (QED) is 0.750. The Balaban J connectivity index is 2.19. The Kier molecular flexibility index (Phi) is 4.12. The molecule has 2 heteroatoms. The fraction of sp³-hybridized carbons (Fsp3) is 0.389. The highest BCUT2D eigenvalue weighted by molar-refractivity contribution is 5.99. The number of Topliss-reactive ketones (excluding diaryl/α,β-unsaturated/α-hetero) is 1. The van der Waals surface area contributed by atoms with Crippen molar-refractivity contribution in [3.63, 3.8) is 0 Å². The Hall–Kier alpha value is -1.83. The van der Waals surface area contributed by atoms with Gasteiger partial charge in [0.1, 0.15) is 11.5 Å². The first-order chi connectivity index (χ1) is 9.40. The van der Waals surface area contributed by atoms with Gasteiger partial charge in [0, 0.05) is 12.0 Å². The summed E-state index contributed by atoms with van der Waals surface area (Å²) < 4.78 is 5.53. The summed E-state index contributed by atoms with van der Waals surface area (Å²) in [4.78, 5) is 12.4. The average molecular weight is 270 g/mol. The number of hydrogen-bond donors (Lipinski definition) is 0. The number of furan rings is 1. The molecule has 1 aromatic heterocycles. The first-order valence-electron chi connectivity index (χ1n) is 7.08. The van der Waals surface area contributed by atoms with Crippen LogP contribution in [0, 0.1) is 20.8 Å². The number of hydrogen-bond acceptors (Lipinski definition) is 2. The minimum atomic E-state index is 0.133. The molecule has 0 aliphatic carbocycles. The lowest BCUT2D eigenvalue weighted by Gasteiger charge is -2.07. The van der Waals surface area contributed by atoms with Crippen LogP contribution < -0.4 is 0 Å². The molecular formula is C18H22O2. The van der Waals surface area contributed by atoms with E-state index in [1.807, 2.05) is 32.9 Å². The van der Waals surface area contributed by atoms with Crippen LogP contribution in [-0.4, -0.2) is 5.78 Å². The van der Waals surface area contributed by atoms with Crippen molar-refractivity contribution in [1.29, 1.82) is 0 Å². The molecule has 0 atom stereocenters. The molecule has 0 saturated heterocycles. The largest absolute Gasteiger partial charge is 0.466 e. The lowest BCUT2D eigenvalue weighted by Crippen LogP contribution is -2.06. The summed E-state index contributed by atoms with van der Waals surface area (Å²) in [5.74, 6) is 2.21. The number of aryl methyl sites for hydroxylation is 2. The molecule has 0 spiro atoms. The van der Waals surface area contributed by atoms with Crippen molar-refractivity contribution in [2.45, 2.75) is 47.0 Å². The summed E-state index contributed by atoms with van der Waals surface area (Å²) in [6.45, 7) is 10.0. The van der Waals surface area contributed by atoms with Gasteiger partial charge in [-0.15, -0.1) is 0 Å². The van der Waals surface area contributed by atoms with Gasteiger partial charge in [0.15, 0.2) is 5.78 Å². The van der Waals surface area contributed by atoms with Crippen LogP contribution in [0.5, 0.6) is 0 Å². The highest BCUT2D eigenvalue weighted by atomic mass is 16.3. The van der Waals surface area contributed by atoms with Gasteiger partial charge in [-0.25, -0.2) is 0 Å². The summed E-state index contributed by atoms with van der Waals surface area (Å²) in [6, 6.07) is 8.30. The zero-order valence-electron chi connectivity index (χ0n) is 12.9. The van der Waals surface area contributed by atoms with E-state index in [9.17, 15) is 4.79 Å². The zero-order valence-corrected chi connectivity index (χ0v) is 12.9. The smallest absolute Gasteiger partial charge is 0.171 e. The maximum atomic E-state index is 12.4. The second kappa shape index (κ2) is 5.66. The van der Waals surface area contributed by atoms with E-state index in [-0.39, 0.29) is 5.78 Å². The van der Waals surface area contributed by atoms with Crippen molar-refractivity contribution in [2.75, 3.05) is 0 Å². The van der Waals surface area contributed by atoms with Crippen molar-refractivity contribution in [3.8, 4) is 0 Å². The maximum Gasteiger partial charge on any atom is 0.171 e. The predicted molar refractivity (Wildman–Crippen MR) is 81.5 cm³/mol. The molecule has 0 aliphatic heterocycles. The summed E-state index contributed by atoms with van der Waals surface area (Å²) in [5.41, 5.74) is 4.06. The lowest BCUT2D eigenvalue weighted by molar-refractivity contribution is 0.0991. The number of benzene rings is 1. The van der Waals surface area contributed by atoms with E-state index in [0.717, 1.165) is 28.2 Å². The average Bonchev–Trinajstić information content (AvgIpc) is 2.63. The van der Waals surface area contributed by atoms with Gasteiger partial charge in [0.2, 0.25) is 0 Å². The third kappa shape index (κ3) is 2.84. The van der Waals surface area contributed by atoms with Gasteiger partial charge < -0.3 is 4.42 Å². The molecule has 2 nitrogen and oxygen atoms in total. The highest BCUT2D eigenvalue weighted by Gasteiger charge is 2.18.